The lowest BCUT2D eigenvalue weighted by Gasteiger charge is -2.14. The molecule has 98 valence electrons. The van der Waals surface area contributed by atoms with Crippen molar-refractivity contribution in [3.8, 4) is 0 Å². The number of nitrogens with zero attached hydrogens (tertiary/aromatic N) is 1. The molecule has 0 radical (unpaired) electrons. The minimum absolute atomic E-state index is 0.169. The van der Waals surface area contributed by atoms with Crippen LogP contribution in [0.5, 0.6) is 0 Å². The van der Waals surface area contributed by atoms with Crippen molar-refractivity contribution in [2.75, 3.05) is 5.73 Å². The summed E-state index contributed by atoms with van der Waals surface area (Å²) in [6, 6.07) is 4.09. The quantitative estimate of drug-likeness (QED) is 0.834. The molecule has 0 bridgehead atoms. The topological polar surface area (TPSA) is 52.0 Å². The van der Waals surface area contributed by atoms with Crippen LogP contribution in [0.3, 0.4) is 0 Å². The fourth-order valence-electron chi connectivity index (χ4n) is 2.13. The third-order valence-corrected chi connectivity index (χ3v) is 2.84. The summed E-state index contributed by atoms with van der Waals surface area (Å²) in [6.07, 6.45) is 2.96. The maximum absolute atomic E-state index is 6.03. The summed E-state index contributed by atoms with van der Waals surface area (Å²) >= 11 is 0. The highest BCUT2D eigenvalue weighted by molar-refractivity contribution is 5.85. The third-order valence-electron chi connectivity index (χ3n) is 2.84. The Kier molecular flexibility index (Phi) is 3.33. The Bertz CT molecular complexity index is 549. The van der Waals surface area contributed by atoms with E-state index in [4.69, 9.17) is 10.2 Å². The second-order valence-electron chi connectivity index (χ2n) is 6.13. The second-order valence-corrected chi connectivity index (χ2v) is 6.13. The number of rotatable bonds is 3. The predicted molar refractivity (Wildman–Crippen MR) is 75.6 cm³/mol. The minimum Gasteiger partial charge on any atom is -0.438 e. The van der Waals surface area contributed by atoms with Gasteiger partial charge in [0, 0.05) is 6.42 Å². The van der Waals surface area contributed by atoms with Gasteiger partial charge in [-0.15, -0.1) is 0 Å². The predicted octanol–water partition coefficient (Wildman–Crippen LogP) is 3.95. The van der Waals surface area contributed by atoms with Gasteiger partial charge < -0.3 is 10.2 Å². The van der Waals surface area contributed by atoms with Crippen molar-refractivity contribution in [2.24, 2.45) is 5.41 Å². The van der Waals surface area contributed by atoms with Gasteiger partial charge in [0.1, 0.15) is 5.52 Å². The maximum Gasteiger partial charge on any atom is 0.196 e. The molecule has 3 nitrogen and oxygen atoms in total. The van der Waals surface area contributed by atoms with Gasteiger partial charge in [-0.2, -0.15) is 0 Å². The summed E-state index contributed by atoms with van der Waals surface area (Å²) < 4.78 is 5.77. The molecule has 3 heteroatoms. The van der Waals surface area contributed by atoms with Crippen LogP contribution in [0.4, 0.5) is 5.69 Å². The highest BCUT2D eigenvalue weighted by atomic mass is 16.3. The number of nitrogen functional groups attached to an aromatic ring is 1. The highest BCUT2D eigenvalue weighted by Gasteiger charge is 2.17. The SMILES string of the molecule is CCCc1cc(N)c2oc(CC(C)(C)C)nc2c1. The van der Waals surface area contributed by atoms with Crippen LogP contribution in [0.25, 0.3) is 11.1 Å². The Morgan fingerprint density at radius 2 is 2.00 bits per heavy atom. The molecule has 2 N–H and O–H groups in total. The Morgan fingerprint density at radius 3 is 2.61 bits per heavy atom. The summed E-state index contributed by atoms with van der Waals surface area (Å²) in [5.41, 5.74) is 9.75. The van der Waals surface area contributed by atoms with Crippen LogP contribution in [0.15, 0.2) is 16.5 Å². The van der Waals surface area contributed by atoms with Gasteiger partial charge in [-0.3, -0.25) is 0 Å². The molecule has 2 rings (SSSR count). The van der Waals surface area contributed by atoms with Gasteiger partial charge >= 0.3 is 0 Å². The number of oxazole rings is 1. The van der Waals surface area contributed by atoms with E-state index in [1.165, 1.54) is 5.56 Å². The molecular formula is C15H22N2O. The highest BCUT2D eigenvalue weighted by Crippen LogP contribution is 2.28. The first-order chi connectivity index (χ1) is 8.39. The maximum atomic E-state index is 6.03. The molecule has 0 fully saturated rings. The summed E-state index contributed by atoms with van der Waals surface area (Å²) in [5.74, 6) is 0.776. The fourth-order valence-corrected chi connectivity index (χ4v) is 2.13. The lowest BCUT2D eigenvalue weighted by molar-refractivity contribution is 0.362. The van der Waals surface area contributed by atoms with E-state index in [2.05, 4.69) is 38.7 Å². The number of benzene rings is 1. The van der Waals surface area contributed by atoms with Crippen LogP contribution in [-0.4, -0.2) is 4.98 Å². The Labute approximate surface area is 108 Å². The van der Waals surface area contributed by atoms with Gasteiger partial charge in [0.15, 0.2) is 11.5 Å². The number of aromatic nitrogens is 1. The van der Waals surface area contributed by atoms with Gasteiger partial charge in [-0.1, -0.05) is 34.1 Å². The van der Waals surface area contributed by atoms with E-state index in [9.17, 15) is 0 Å². The first-order valence-corrected chi connectivity index (χ1v) is 6.57. The molecule has 2 aromatic rings. The van der Waals surface area contributed by atoms with E-state index >= 15 is 0 Å². The molecule has 1 heterocycles. The minimum atomic E-state index is 0.169. The molecule has 0 spiro atoms. The Morgan fingerprint density at radius 1 is 1.28 bits per heavy atom. The van der Waals surface area contributed by atoms with E-state index in [1.54, 1.807) is 0 Å². The van der Waals surface area contributed by atoms with Crippen LogP contribution in [0.1, 0.15) is 45.6 Å². The largest absolute Gasteiger partial charge is 0.438 e. The number of nitrogens with two attached hydrogens (primary N) is 1. The van der Waals surface area contributed by atoms with Gasteiger partial charge in [-0.05, 0) is 29.5 Å². The normalized spacial score (nSPS) is 12.2. The van der Waals surface area contributed by atoms with E-state index < -0.39 is 0 Å². The molecule has 0 aliphatic rings. The molecule has 18 heavy (non-hydrogen) atoms. The number of anilines is 1. The van der Waals surface area contributed by atoms with E-state index in [-0.39, 0.29) is 5.41 Å². The summed E-state index contributed by atoms with van der Waals surface area (Å²) in [4.78, 5) is 4.56. The van der Waals surface area contributed by atoms with Gasteiger partial charge in [0.05, 0.1) is 5.69 Å². The zero-order valence-electron chi connectivity index (χ0n) is 11.7. The van der Waals surface area contributed by atoms with Crippen molar-refractivity contribution >= 4 is 16.8 Å². The van der Waals surface area contributed by atoms with Crippen molar-refractivity contribution in [1.29, 1.82) is 0 Å². The molecular weight excluding hydrogens is 224 g/mol. The molecule has 0 atom stereocenters. The molecule has 1 aromatic heterocycles. The molecule has 0 unspecified atom stereocenters. The third kappa shape index (κ3) is 2.84. The zero-order chi connectivity index (χ0) is 13.3. The summed E-state index contributed by atoms with van der Waals surface area (Å²) in [7, 11) is 0. The summed E-state index contributed by atoms with van der Waals surface area (Å²) in [6.45, 7) is 8.68. The van der Waals surface area contributed by atoms with Gasteiger partial charge in [-0.25, -0.2) is 4.98 Å². The van der Waals surface area contributed by atoms with E-state index in [0.29, 0.717) is 5.69 Å². The van der Waals surface area contributed by atoms with Crippen molar-refractivity contribution < 1.29 is 4.42 Å². The van der Waals surface area contributed by atoms with Crippen LogP contribution >= 0.6 is 0 Å². The molecule has 0 saturated carbocycles. The smallest absolute Gasteiger partial charge is 0.196 e. The van der Waals surface area contributed by atoms with E-state index in [0.717, 1.165) is 36.3 Å². The fraction of sp³-hybridized carbons (Fsp3) is 0.533. The molecule has 0 aliphatic heterocycles. The van der Waals surface area contributed by atoms with Crippen LogP contribution in [0, 0.1) is 5.41 Å². The lowest BCUT2D eigenvalue weighted by Crippen LogP contribution is -2.09. The van der Waals surface area contributed by atoms with Gasteiger partial charge in [0.25, 0.3) is 0 Å². The van der Waals surface area contributed by atoms with Crippen molar-refractivity contribution in [2.45, 2.75) is 47.0 Å². The Balaban J connectivity index is 2.41. The summed E-state index contributed by atoms with van der Waals surface area (Å²) in [5, 5.41) is 0. The van der Waals surface area contributed by atoms with Gasteiger partial charge in [0.2, 0.25) is 0 Å². The van der Waals surface area contributed by atoms with Crippen LogP contribution in [0.2, 0.25) is 0 Å². The average Bonchev–Trinajstić information content (AvgIpc) is 2.58. The monoisotopic (exact) mass is 246 g/mol. The van der Waals surface area contributed by atoms with E-state index in [1.807, 2.05) is 6.07 Å². The van der Waals surface area contributed by atoms with Crippen molar-refractivity contribution in [1.82, 2.24) is 4.98 Å². The molecule has 0 saturated heterocycles. The molecule has 0 amide bonds. The zero-order valence-corrected chi connectivity index (χ0v) is 11.7. The second kappa shape index (κ2) is 4.63. The van der Waals surface area contributed by atoms with Crippen molar-refractivity contribution in [3.05, 3.63) is 23.6 Å². The lowest BCUT2D eigenvalue weighted by atomic mass is 9.92. The van der Waals surface area contributed by atoms with Crippen LogP contribution in [-0.2, 0) is 12.8 Å². The average molecular weight is 246 g/mol. The number of hydrogen-bond donors (Lipinski definition) is 1. The standard InChI is InChI=1S/C15H22N2O/c1-5-6-10-7-11(16)14-12(8-10)17-13(18-14)9-15(2,3)4/h7-8H,5-6,9,16H2,1-4H3. The Hall–Kier alpha value is -1.51. The first-order valence-electron chi connectivity index (χ1n) is 6.57. The first kappa shape index (κ1) is 12.9. The number of hydrogen-bond acceptors (Lipinski definition) is 3. The van der Waals surface area contributed by atoms with Crippen LogP contribution < -0.4 is 5.73 Å². The molecule has 0 aliphatic carbocycles. The van der Waals surface area contributed by atoms with Crippen molar-refractivity contribution in [3.63, 3.8) is 0 Å². The molecule has 1 aromatic carbocycles. The number of aryl methyl sites for hydroxylation is 1. The number of fused-ring (bicyclic) bond motifs is 1.